The lowest BCUT2D eigenvalue weighted by molar-refractivity contribution is 0.0693. The van der Waals surface area contributed by atoms with Crippen molar-refractivity contribution in [2.24, 2.45) is 0 Å². The summed E-state index contributed by atoms with van der Waals surface area (Å²) in [6, 6.07) is 20.8. The maximum atomic E-state index is 12.7. The van der Waals surface area contributed by atoms with Crippen molar-refractivity contribution in [2.45, 2.75) is 42.6 Å². The normalized spacial score (nSPS) is 13.7. The number of carbonyl (C=O) groups is 2. The highest BCUT2D eigenvalue weighted by atomic mass is 32.2. The van der Waals surface area contributed by atoms with Crippen molar-refractivity contribution in [3.05, 3.63) is 113 Å². The van der Waals surface area contributed by atoms with Crippen LogP contribution in [0.2, 0.25) is 0 Å². The van der Waals surface area contributed by atoms with Crippen LogP contribution in [-0.2, 0) is 18.7 Å². The standard InChI is InChI=1S/C29H26N2O4S/c32-25-11-6-10-21-22(25)13-14-26(24(21)18-36-28-12-5-4-9-23(28)29(33)34)35-27(17-31-16-15-30-19-31)20-7-2-1-3-8-20/h1-5,7-9,12-16,19,27H,6,10-11,17-18H2,(H,33,34). The van der Waals surface area contributed by atoms with Gasteiger partial charge in [0.05, 0.1) is 18.4 Å². The number of ether oxygens (including phenoxy) is 1. The fraction of sp³-hybridized carbons (Fsp3) is 0.207. The third-order valence-corrected chi connectivity index (χ3v) is 7.49. The molecular weight excluding hydrogens is 472 g/mol. The van der Waals surface area contributed by atoms with E-state index in [1.165, 1.54) is 11.8 Å². The summed E-state index contributed by atoms with van der Waals surface area (Å²) in [4.78, 5) is 29.3. The van der Waals surface area contributed by atoms with Gasteiger partial charge < -0.3 is 14.4 Å². The van der Waals surface area contributed by atoms with Crippen molar-refractivity contribution in [1.82, 2.24) is 9.55 Å². The van der Waals surface area contributed by atoms with Crippen LogP contribution in [-0.4, -0.2) is 26.4 Å². The van der Waals surface area contributed by atoms with E-state index in [1.807, 2.05) is 65.4 Å². The summed E-state index contributed by atoms with van der Waals surface area (Å²) in [6.45, 7) is 0.578. The summed E-state index contributed by atoms with van der Waals surface area (Å²) in [5.41, 5.74) is 4.03. The zero-order valence-corrected chi connectivity index (χ0v) is 20.5. The lowest BCUT2D eigenvalue weighted by atomic mass is 9.87. The number of aromatic carboxylic acids is 1. The number of carboxylic acid groups (broad SMARTS) is 1. The van der Waals surface area contributed by atoms with E-state index >= 15 is 0 Å². The highest BCUT2D eigenvalue weighted by Crippen LogP contribution is 2.38. The Labute approximate surface area is 214 Å². The van der Waals surface area contributed by atoms with Gasteiger partial charge in [0.1, 0.15) is 11.9 Å². The smallest absolute Gasteiger partial charge is 0.336 e. The van der Waals surface area contributed by atoms with Crippen LogP contribution in [0.5, 0.6) is 5.75 Å². The SMILES string of the molecule is O=C(O)c1ccccc1SCc1c(OC(Cn2ccnc2)c2ccccc2)ccc2c1CCCC2=O. The Morgan fingerprint density at radius 3 is 2.64 bits per heavy atom. The zero-order chi connectivity index (χ0) is 24.9. The average Bonchev–Trinajstić information content (AvgIpc) is 3.41. The molecule has 0 fully saturated rings. The lowest BCUT2D eigenvalue weighted by Gasteiger charge is -2.26. The van der Waals surface area contributed by atoms with Crippen LogP contribution in [0.25, 0.3) is 0 Å². The molecular formula is C29H26N2O4S. The second kappa shape index (κ2) is 10.8. The van der Waals surface area contributed by atoms with Crippen molar-refractivity contribution in [3.63, 3.8) is 0 Å². The van der Waals surface area contributed by atoms with Gasteiger partial charge >= 0.3 is 5.97 Å². The predicted molar refractivity (Wildman–Crippen MR) is 139 cm³/mol. The van der Waals surface area contributed by atoms with Crippen LogP contribution in [0.3, 0.4) is 0 Å². The minimum absolute atomic E-state index is 0.151. The van der Waals surface area contributed by atoms with Gasteiger partial charge in [-0.25, -0.2) is 9.78 Å². The molecule has 1 N–H and O–H groups in total. The summed E-state index contributed by atoms with van der Waals surface area (Å²) in [6.07, 6.45) is 7.30. The van der Waals surface area contributed by atoms with Gasteiger partial charge in [0, 0.05) is 40.6 Å². The molecule has 0 amide bonds. The van der Waals surface area contributed by atoms with E-state index in [-0.39, 0.29) is 17.5 Å². The average molecular weight is 499 g/mol. The lowest BCUT2D eigenvalue weighted by Crippen LogP contribution is -2.18. The minimum Gasteiger partial charge on any atom is -0.484 e. The van der Waals surface area contributed by atoms with Crippen LogP contribution in [0.1, 0.15) is 56.4 Å². The number of ketones is 1. The summed E-state index contributed by atoms with van der Waals surface area (Å²) in [7, 11) is 0. The number of thioether (sulfide) groups is 1. The molecule has 4 aromatic rings. The first-order valence-corrected chi connectivity index (χ1v) is 12.9. The maximum absolute atomic E-state index is 12.7. The van der Waals surface area contributed by atoms with Crippen molar-refractivity contribution in [1.29, 1.82) is 0 Å². The second-order valence-electron chi connectivity index (χ2n) is 8.71. The molecule has 0 saturated carbocycles. The van der Waals surface area contributed by atoms with Gasteiger partial charge in [-0.1, -0.05) is 42.5 Å². The molecule has 6 nitrogen and oxygen atoms in total. The molecule has 0 spiro atoms. The molecule has 0 radical (unpaired) electrons. The number of hydrogen-bond acceptors (Lipinski definition) is 5. The van der Waals surface area contributed by atoms with Gasteiger partial charge in [-0.3, -0.25) is 4.79 Å². The first-order chi connectivity index (χ1) is 17.6. The topological polar surface area (TPSA) is 81.4 Å². The summed E-state index contributed by atoms with van der Waals surface area (Å²) >= 11 is 1.46. The van der Waals surface area contributed by atoms with Crippen LogP contribution in [0, 0.1) is 0 Å². The molecule has 7 heteroatoms. The Kier molecular flexibility index (Phi) is 7.18. The van der Waals surface area contributed by atoms with Crippen LogP contribution >= 0.6 is 11.8 Å². The molecule has 0 aliphatic heterocycles. The van der Waals surface area contributed by atoms with Crippen molar-refractivity contribution in [3.8, 4) is 5.75 Å². The monoisotopic (exact) mass is 498 g/mol. The number of fused-ring (bicyclic) bond motifs is 1. The second-order valence-corrected chi connectivity index (χ2v) is 9.73. The van der Waals surface area contributed by atoms with Gasteiger partial charge in [-0.05, 0) is 48.2 Å². The predicted octanol–water partition coefficient (Wildman–Crippen LogP) is 6.21. The third-order valence-electron chi connectivity index (χ3n) is 6.39. The van der Waals surface area contributed by atoms with Crippen LogP contribution in [0.15, 0.2) is 90.3 Å². The van der Waals surface area contributed by atoms with Gasteiger partial charge in [-0.15, -0.1) is 11.8 Å². The van der Waals surface area contributed by atoms with Crippen LogP contribution in [0.4, 0.5) is 0 Å². The molecule has 1 aromatic heterocycles. The van der Waals surface area contributed by atoms with E-state index < -0.39 is 5.97 Å². The molecule has 182 valence electrons. The molecule has 3 aromatic carbocycles. The van der Waals surface area contributed by atoms with E-state index in [2.05, 4.69) is 4.98 Å². The zero-order valence-electron chi connectivity index (χ0n) is 19.7. The Bertz CT molecular complexity index is 1370. The van der Waals surface area contributed by atoms with Gasteiger partial charge in [0.15, 0.2) is 5.78 Å². The van der Waals surface area contributed by atoms with Gasteiger partial charge in [0.25, 0.3) is 0 Å². The number of Topliss-reactive ketones (excluding diaryl/α,β-unsaturated/α-hetero) is 1. The molecule has 5 rings (SSSR count). The number of carboxylic acids is 1. The number of carbonyl (C=O) groups excluding carboxylic acids is 1. The Morgan fingerprint density at radius 1 is 1.06 bits per heavy atom. The number of rotatable bonds is 9. The van der Waals surface area contributed by atoms with Crippen molar-refractivity contribution >= 4 is 23.5 Å². The third kappa shape index (κ3) is 5.21. The van der Waals surface area contributed by atoms with E-state index in [1.54, 1.807) is 24.7 Å². The van der Waals surface area contributed by atoms with E-state index in [4.69, 9.17) is 4.74 Å². The number of imidazole rings is 1. The van der Waals surface area contributed by atoms with Gasteiger partial charge in [0.2, 0.25) is 0 Å². The van der Waals surface area contributed by atoms with Gasteiger partial charge in [-0.2, -0.15) is 0 Å². The van der Waals surface area contributed by atoms with E-state index in [0.29, 0.717) is 23.6 Å². The first kappa shape index (κ1) is 23.9. The fourth-order valence-electron chi connectivity index (χ4n) is 4.58. The number of hydrogen-bond donors (Lipinski definition) is 1. The molecule has 1 heterocycles. The minimum atomic E-state index is -0.954. The molecule has 1 aliphatic carbocycles. The quantitative estimate of drug-likeness (QED) is 0.276. The highest BCUT2D eigenvalue weighted by molar-refractivity contribution is 7.98. The van der Waals surface area contributed by atoms with E-state index in [9.17, 15) is 14.7 Å². The summed E-state index contributed by atoms with van der Waals surface area (Å²) in [5.74, 6) is 0.419. The largest absolute Gasteiger partial charge is 0.484 e. The number of nitrogens with zero attached hydrogens (tertiary/aromatic N) is 2. The molecule has 1 atom stereocenters. The molecule has 36 heavy (non-hydrogen) atoms. The highest BCUT2D eigenvalue weighted by Gasteiger charge is 2.25. The molecule has 1 unspecified atom stereocenters. The van der Waals surface area contributed by atoms with Crippen LogP contribution < -0.4 is 4.74 Å². The maximum Gasteiger partial charge on any atom is 0.336 e. The molecule has 0 bridgehead atoms. The van der Waals surface area contributed by atoms with Crippen molar-refractivity contribution in [2.75, 3.05) is 0 Å². The molecule has 1 aliphatic rings. The number of benzene rings is 3. The molecule has 0 saturated heterocycles. The first-order valence-electron chi connectivity index (χ1n) is 11.9. The summed E-state index contributed by atoms with van der Waals surface area (Å²) < 4.78 is 8.67. The summed E-state index contributed by atoms with van der Waals surface area (Å²) in [5, 5.41) is 9.62. The Morgan fingerprint density at radius 2 is 1.86 bits per heavy atom. The van der Waals surface area contributed by atoms with E-state index in [0.717, 1.165) is 40.8 Å². The Balaban J connectivity index is 1.52. The number of aromatic nitrogens is 2. The Hall–Kier alpha value is -3.84. The fourth-order valence-corrected chi connectivity index (χ4v) is 5.69. The van der Waals surface area contributed by atoms with Crippen molar-refractivity contribution < 1.29 is 19.4 Å².